The predicted molar refractivity (Wildman–Crippen MR) is 93.2 cm³/mol. The number of hydrogen-bond donors (Lipinski definition) is 1. The van der Waals surface area contributed by atoms with Crippen molar-refractivity contribution in [1.29, 1.82) is 0 Å². The molecule has 0 saturated carbocycles. The van der Waals surface area contributed by atoms with Crippen molar-refractivity contribution in [2.45, 2.75) is 45.2 Å². The molecule has 1 aliphatic rings. The van der Waals surface area contributed by atoms with Crippen LogP contribution < -0.4 is 0 Å². The minimum absolute atomic E-state index is 0.378. The first-order chi connectivity index (χ1) is 11.7. The Hall–Kier alpha value is -2.14. The molecule has 0 aliphatic carbocycles. The maximum atomic E-state index is 11.2. The third kappa shape index (κ3) is 3.85. The van der Waals surface area contributed by atoms with E-state index in [-0.39, 0.29) is 0 Å². The lowest BCUT2D eigenvalue weighted by Gasteiger charge is -2.33. The van der Waals surface area contributed by atoms with Crippen molar-refractivity contribution < 1.29 is 9.90 Å². The van der Waals surface area contributed by atoms with Gasteiger partial charge in [0.2, 0.25) is 0 Å². The number of benzene rings is 1. The van der Waals surface area contributed by atoms with Gasteiger partial charge < -0.3 is 9.67 Å². The normalized spacial score (nSPS) is 18.6. The molecule has 24 heavy (non-hydrogen) atoms. The summed E-state index contributed by atoms with van der Waals surface area (Å²) in [6.07, 6.45) is 7.28. The van der Waals surface area contributed by atoms with Crippen LogP contribution in [0.3, 0.4) is 0 Å². The van der Waals surface area contributed by atoms with E-state index in [0.29, 0.717) is 11.5 Å². The number of hydrogen-bond acceptors (Lipinski definition) is 3. The SMILES string of the molecule is CCCn1ccnc1CN1CCC[C@H](c2cccc(C(=O)O)c2)C1. The van der Waals surface area contributed by atoms with Crippen LogP contribution in [0.1, 0.15) is 53.8 Å². The highest BCUT2D eigenvalue weighted by Crippen LogP contribution is 2.28. The third-order valence-electron chi connectivity index (χ3n) is 4.74. The van der Waals surface area contributed by atoms with Crippen molar-refractivity contribution in [3.8, 4) is 0 Å². The molecule has 0 spiro atoms. The van der Waals surface area contributed by atoms with Crippen LogP contribution in [-0.4, -0.2) is 38.6 Å². The monoisotopic (exact) mass is 327 g/mol. The van der Waals surface area contributed by atoms with E-state index in [1.165, 1.54) is 0 Å². The fourth-order valence-corrected chi connectivity index (χ4v) is 3.53. The lowest BCUT2D eigenvalue weighted by molar-refractivity contribution is 0.0696. The maximum Gasteiger partial charge on any atom is 0.335 e. The van der Waals surface area contributed by atoms with Gasteiger partial charge >= 0.3 is 5.97 Å². The van der Waals surface area contributed by atoms with Crippen LogP contribution in [0.25, 0.3) is 0 Å². The molecule has 1 aromatic carbocycles. The summed E-state index contributed by atoms with van der Waals surface area (Å²) < 4.78 is 2.23. The van der Waals surface area contributed by atoms with E-state index in [1.807, 2.05) is 18.3 Å². The zero-order valence-corrected chi connectivity index (χ0v) is 14.2. The van der Waals surface area contributed by atoms with E-state index in [4.69, 9.17) is 0 Å². The van der Waals surface area contributed by atoms with Crippen LogP contribution in [0.5, 0.6) is 0 Å². The van der Waals surface area contributed by atoms with E-state index < -0.39 is 5.97 Å². The molecule has 1 atom stereocenters. The zero-order chi connectivity index (χ0) is 16.9. The van der Waals surface area contributed by atoms with Gasteiger partial charge in [-0.15, -0.1) is 0 Å². The molecule has 1 saturated heterocycles. The largest absolute Gasteiger partial charge is 0.478 e. The smallest absolute Gasteiger partial charge is 0.335 e. The Morgan fingerprint density at radius 2 is 2.29 bits per heavy atom. The highest BCUT2D eigenvalue weighted by molar-refractivity contribution is 5.87. The number of aromatic carboxylic acids is 1. The number of aromatic nitrogens is 2. The summed E-state index contributed by atoms with van der Waals surface area (Å²) >= 11 is 0. The number of carboxylic acids is 1. The molecule has 1 aromatic heterocycles. The molecule has 0 radical (unpaired) electrons. The third-order valence-corrected chi connectivity index (χ3v) is 4.74. The number of carbonyl (C=O) groups is 1. The minimum atomic E-state index is -0.855. The molecule has 0 bridgehead atoms. The van der Waals surface area contributed by atoms with Gasteiger partial charge in [0.15, 0.2) is 0 Å². The molecule has 2 aromatic rings. The Labute approximate surface area is 142 Å². The number of likely N-dealkylation sites (tertiary alicyclic amines) is 1. The zero-order valence-electron chi connectivity index (χ0n) is 14.2. The highest BCUT2D eigenvalue weighted by atomic mass is 16.4. The van der Waals surface area contributed by atoms with Crippen molar-refractivity contribution in [1.82, 2.24) is 14.5 Å². The topological polar surface area (TPSA) is 58.4 Å². The van der Waals surface area contributed by atoms with Gasteiger partial charge in [-0.05, 0) is 49.4 Å². The molecule has 1 aliphatic heterocycles. The van der Waals surface area contributed by atoms with Gasteiger partial charge in [0.25, 0.3) is 0 Å². The van der Waals surface area contributed by atoms with Crippen molar-refractivity contribution in [2.24, 2.45) is 0 Å². The molecule has 1 N–H and O–H groups in total. The molecule has 128 valence electrons. The quantitative estimate of drug-likeness (QED) is 0.884. The molecule has 2 heterocycles. The van der Waals surface area contributed by atoms with Gasteiger partial charge in [0.05, 0.1) is 12.1 Å². The van der Waals surface area contributed by atoms with Crippen molar-refractivity contribution in [3.05, 3.63) is 53.6 Å². The lowest BCUT2D eigenvalue weighted by atomic mass is 9.89. The Kier molecular flexibility index (Phi) is 5.30. The molecule has 3 rings (SSSR count). The van der Waals surface area contributed by atoms with Crippen LogP contribution in [0.4, 0.5) is 0 Å². The van der Waals surface area contributed by atoms with E-state index >= 15 is 0 Å². The van der Waals surface area contributed by atoms with E-state index in [1.54, 1.807) is 6.07 Å². The summed E-state index contributed by atoms with van der Waals surface area (Å²) in [6.45, 7) is 6.09. The van der Waals surface area contributed by atoms with Crippen molar-refractivity contribution in [3.63, 3.8) is 0 Å². The second-order valence-electron chi connectivity index (χ2n) is 6.54. The molecule has 5 nitrogen and oxygen atoms in total. The fourth-order valence-electron chi connectivity index (χ4n) is 3.53. The summed E-state index contributed by atoms with van der Waals surface area (Å²) in [4.78, 5) is 18.1. The van der Waals surface area contributed by atoms with E-state index in [2.05, 4.69) is 33.6 Å². The average molecular weight is 327 g/mol. The summed E-state index contributed by atoms with van der Waals surface area (Å²) in [5.41, 5.74) is 1.51. The van der Waals surface area contributed by atoms with Gasteiger partial charge in [-0.2, -0.15) is 0 Å². The standard InChI is InChI=1S/C19H25N3O2/c1-2-9-22-11-8-20-18(22)14-21-10-4-7-17(13-21)15-5-3-6-16(12-15)19(23)24/h3,5-6,8,11-12,17H,2,4,7,9-10,13-14H2,1H3,(H,23,24)/t17-/m0/s1. The summed E-state index contributed by atoms with van der Waals surface area (Å²) in [7, 11) is 0. The first-order valence-electron chi connectivity index (χ1n) is 8.73. The van der Waals surface area contributed by atoms with Crippen LogP contribution in [-0.2, 0) is 13.1 Å². The van der Waals surface area contributed by atoms with E-state index in [9.17, 15) is 9.90 Å². The number of piperidine rings is 1. The van der Waals surface area contributed by atoms with Crippen LogP contribution in [0, 0.1) is 0 Å². The van der Waals surface area contributed by atoms with Crippen LogP contribution in [0.2, 0.25) is 0 Å². The molecular formula is C19H25N3O2. The van der Waals surface area contributed by atoms with Crippen molar-refractivity contribution >= 4 is 5.97 Å². The van der Waals surface area contributed by atoms with Crippen LogP contribution in [0.15, 0.2) is 36.7 Å². The molecule has 0 unspecified atom stereocenters. The Bertz CT molecular complexity index is 695. The van der Waals surface area contributed by atoms with Crippen molar-refractivity contribution in [2.75, 3.05) is 13.1 Å². The fraction of sp³-hybridized carbons (Fsp3) is 0.474. The van der Waals surface area contributed by atoms with Crippen LogP contribution >= 0.6 is 0 Å². The van der Waals surface area contributed by atoms with Gasteiger partial charge in [-0.3, -0.25) is 4.90 Å². The average Bonchev–Trinajstić information content (AvgIpc) is 3.02. The molecular weight excluding hydrogens is 302 g/mol. The second kappa shape index (κ2) is 7.62. The number of aryl methyl sites for hydroxylation is 1. The first-order valence-corrected chi connectivity index (χ1v) is 8.73. The lowest BCUT2D eigenvalue weighted by Crippen LogP contribution is -2.34. The van der Waals surface area contributed by atoms with Gasteiger partial charge in [-0.1, -0.05) is 19.1 Å². The molecule has 1 fully saturated rings. The minimum Gasteiger partial charge on any atom is -0.478 e. The number of imidazole rings is 1. The maximum absolute atomic E-state index is 11.2. The Morgan fingerprint density at radius 3 is 3.08 bits per heavy atom. The summed E-state index contributed by atoms with van der Waals surface area (Å²) in [6, 6.07) is 7.40. The van der Waals surface area contributed by atoms with Gasteiger partial charge in [0.1, 0.15) is 5.82 Å². The molecule has 0 amide bonds. The first kappa shape index (κ1) is 16.7. The number of rotatable bonds is 6. The second-order valence-corrected chi connectivity index (χ2v) is 6.54. The number of carboxylic acid groups (broad SMARTS) is 1. The van der Waals surface area contributed by atoms with E-state index in [0.717, 1.165) is 56.8 Å². The van der Waals surface area contributed by atoms with Gasteiger partial charge in [0, 0.05) is 25.5 Å². The Balaban J connectivity index is 1.69. The van der Waals surface area contributed by atoms with Gasteiger partial charge in [-0.25, -0.2) is 9.78 Å². The summed E-state index contributed by atoms with van der Waals surface area (Å²) in [5.74, 6) is 0.663. The predicted octanol–water partition coefficient (Wildman–Crippen LogP) is 3.37. The Morgan fingerprint density at radius 1 is 1.42 bits per heavy atom. The summed E-state index contributed by atoms with van der Waals surface area (Å²) in [5, 5.41) is 9.19. The highest BCUT2D eigenvalue weighted by Gasteiger charge is 2.23. The molecule has 5 heteroatoms. The number of nitrogens with zero attached hydrogens (tertiary/aromatic N) is 3.